The Kier molecular flexibility index (Phi) is 5.07. The van der Waals surface area contributed by atoms with Gasteiger partial charge < -0.3 is 14.0 Å². The van der Waals surface area contributed by atoms with Crippen LogP contribution < -0.4 is 9.47 Å². The lowest BCUT2D eigenvalue weighted by atomic mass is 9.98. The van der Waals surface area contributed by atoms with Gasteiger partial charge in [0.05, 0.1) is 26.6 Å². The Morgan fingerprint density at radius 1 is 0.821 bits per heavy atom. The summed E-state index contributed by atoms with van der Waals surface area (Å²) < 4.78 is 12.5. The highest BCUT2D eigenvalue weighted by Gasteiger charge is 2.21. The van der Waals surface area contributed by atoms with Crippen LogP contribution in [0.5, 0.6) is 11.5 Å². The van der Waals surface area contributed by atoms with Crippen molar-refractivity contribution in [3.8, 4) is 11.5 Å². The van der Waals surface area contributed by atoms with Crippen LogP contribution in [-0.2, 0) is 0 Å². The SMILES string of the molecule is COc1ccc(C(c2ccc(OC)cc2)n2cnc3c(Cl)nc(Cl)nc32)cc1. The van der Waals surface area contributed by atoms with Gasteiger partial charge in [0.15, 0.2) is 10.8 Å². The van der Waals surface area contributed by atoms with Crippen LogP contribution in [0.15, 0.2) is 54.9 Å². The zero-order valence-corrected chi connectivity index (χ0v) is 16.6. The molecule has 4 aromatic rings. The van der Waals surface area contributed by atoms with Crippen molar-refractivity contribution in [2.45, 2.75) is 6.04 Å². The molecule has 0 aliphatic rings. The molecule has 0 aliphatic carbocycles. The summed E-state index contributed by atoms with van der Waals surface area (Å²) in [7, 11) is 3.28. The van der Waals surface area contributed by atoms with Crippen molar-refractivity contribution >= 4 is 34.4 Å². The number of nitrogens with zero attached hydrogens (tertiary/aromatic N) is 4. The molecule has 0 N–H and O–H groups in total. The Morgan fingerprint density at radius 3 is 1.86 bits per heavy atom. The monoisotopic (exact) mass is 414 g/mol. The summed E-state index contributed by atoms with van der Waals surface area (Å²) in [6.07, 6.45) is 1.70. The molecule has 0 atom stereocenters. The van der Waals surface area contributed by atoms with E-state index in [2.05, 4.69) is 15.0 Å². The van der Waals surface area contributed by atoms with Gasteiger partial charge in [-0.05, 0) is 47.0 Å². The largest absolute Gasteiger partial charge is 0.497 e. The highest BCUT2D eigenvalue weighted by Crippen LogP contribution is 2.33. The van der Waals surface area contributed by atoms with Gasteiger partial charge in [-0.3, -0.25) is 0 Å². The lowest BCUT2D eigenvalue weighted by molar-refractivity contribution is 0.414. The lowest BCUT2D eigenvalue weighted by Gasteiger charge is -2.21. The van der Waals surface area contributed by atoms with Crippen molar-refractivity contribution in [3.05, 3.63) is 76.4 Å². The normalized spacial score (nSPS) is 11.2. The molecule has 0 fully saturated rings. The summed E-state index contributed by atoms with van der Waals surface area (Å²) in [5.41, 5.74) is 3.10. The molecule has 142 valence electrons. The second-order valence-electron chi connectivity index (χ2n) is 6.06. The van der Waals surface area contributed by atoms with Gasteiger partial charge in [0.2, 0.25) is 5.28 Å². The molecule has 8 heteroatoms. The molecule has 0 saturated heterocycles. The van der Waals surface area contributed by atoms with Gasteiger partial charge in [0, 0.05) is 0 Å². The zero-order chi connectivity index (χ0) is 19.7. The van der Waals surface area contributed by atoms with Crippen molar-refractivity contribution in [3.63, 3.8) is 0 Å². The maximum absolute atomic E-state index is 6.21. The van der Waals surface area contributed by atoms with Crippen LogP contribution in [0, 0.1) is 0 Å². The van der Waals surface area contributed by atoms with Crippen LogP contribution in [0.3, 0.4) is 0 Å². The van der Waals surface area contributed by atoms with Gasteiger partial charge in [-0.2, -0.15) is 4.98 Å². The van der Waals surface area contributed by atoms with Crippen LogP contribution in [0.25, 0.3) is 11.2 Å². The fraction of sp³-hybridized carbons (Fsp3) is 0.150. The predicted molar refractivity (Wildman–Crippen MR) is 109 cm³/mol. The van der Waals surface area contributed by atoms with E-state index in [1.165, 1.54) is 0 Å². The summed E-state index contributed by atoms with van der Waals surface area (Å²) in [4.78, 5) is 12.7. The average molecular weight is 415 g/mol. The van der Waals surface area contributed by atoms with Gasteiger partial charge in [0.1, 0.15) is 17.0 Å². The number of ether oxygens (including phenoxy) is 2. The van der Waals surface area contributed by atoms with Crippen molar-refractivity contribution in [2.24, 2.45) is 0 Å². The van der Waals surface area contributed by atoms with E-state index < -0.39 is 0 Å². The number of methoxy groups -OCH3 is 2. The third kappa shape index (κ3) is 3.37. The Labute approximate surface area is 171 Å². The van der Waals surface area contributed by atoms with Crippen molar-refractivity contribution in [1.82, 2.24) is 19.5 Å². The molecule has 0 amide bonds. The first-order chi connectivity index (χ1) is 13.6. The second kappa shape index (κ2) is 7.66. The third-order valence-electron chi connectivity index (χ3n) is 4.49. The number of fused-ring (bicyclic) bond motifs is 1. The first-order valence-electron chi connectivity index (χ1n) is 8.44. The molecule has 28 heavy (non-hydrogen) atoms. The van der Waals surface area contributed by atoms with E-state index in [4.69, 9.17) is 32.7 Å². The van der Waals surface area contributed by atoms with Crippen LogP contribution in [0.4, 0.5) is 0 Å². The number of halogens is 2. The molecule has 2 aromatic carbocycles. The van der Waals surface area contributed by atoms with Gasteiger partial charge in [0.25, 0.3) is 0 Å². The number of hydrogen-bond donors (Lipinski definition) is 0. The summed E-state index contributed by atoms with van der Waals surface area (Å²) in [5.74, 6) is 1.56. The zero-order valence-electron chi connectivity index (χ0n) is 15.1. The highest BCUT2D eigenvalue weighted by atomic mass is 35.5. The van der Waals surface area contributed by atoms with Crippen molar-refractivity contribution in [1.29, 1.82) is 0 Å². The maximum Gasteiger partial charge on any atom is 0.225 e. The summed E-state index contributed by atoms with van der Waals surface area (Å²) in [6, 6.07) is 15.5. The van der Waals surface area contributed by atoms with Crippen LogP contribution >= 0.6 is 23.2 Å². The minimum atomic E-state index is -0.205. The van der Waals surface area contributed by atoms with E-state index >= 15 is 0 Å². The van der Waals surface area contributed by atoms with E-state index in [1.54, 1.807) is 20.5 Å². The summed E-state index contributed by atoms with van der Waals surface area (Å²) in [6.45, 7) is 0. The molecular weight excluding hydrogens is 399 g/mol. The Balaban J connectivity index is 1.91. The molecule has 4 rings (SSSR count). The minimum Gasteiger partial charge on any atom is -0.497 e. The molecule has 0 saturated carbocycles. The van der Waals surface area contributed by atoms with E-state index in [0.29, 0.717) is 11.2 Å². The quantitative estimate of drug-likeness (QED) is 0.347. The molecule has 6 nitrogen and oxygen atoms in total. The van der Waals surface area contributed by atoms with Crippen LogP contribution in [0.1, 0.15) is 17.2 Å². The first-order valence-corrected chi connectivity index (χ1v) is 9.19. The molecule has 0 radical (unpaired) electrons. The van der Waals surface area contributed by atoms with E-state index in [-0.39, 0.29) is 16.5 Å². The van der Waals surface area contributed by atoms with E-state index in [0.717, 1.165) is 22.6 Å². The van der Waals surface area contributed by atoms with Crippen LogP contribution in [-0.4, -0.2) is 33.7 Å². The smallest absolute Gasteiger partial charge is 0.225 e. The molecule has 2 heterocycles. The van der Waals surface area contributed by atoms with Gasteiger partial charge >= 0.3 is 0 Å². The highest BCUT2D eigenvalue weighted by molar-refractivity contribution is 6.35. The number of hydrogen-bond acceptors (Lipinski definition) is 5. The predicted octanol–water partition coefficient (Wildman–Crippen LogP) is 4.79. The van der Waals surface area contributed by atoms with Gasteiger partial charge in [-0.25, -0.2) is 9.97 Å². The summed E-state index contributed by atoms with van der Waals surface area (Å²) >= 11 is 12.3. The molecular formula is C20H16Cl2N4O2. The third-order valence-corrected chi connectivity index (χ3v) is 4.93. The fourth-order valence-corrected chi connectivity index (χ4v) is 3.55. The Bertz CT molecular complexity index is 1060. The molecule has 2 aromatic heterocycles. The second-order valence-corrected chi connectivity index (χ2v) is 6.75. The Hall–Kier alpha value is -2.83. The Morgan fingerprint density at radius 2 is 1.36 bits per heavy atom. The van der Waals surface area contributed by atoms with Crippen molar-refractivity contribution < 1.29 is 9.47 Å². The topological polar surface area (TPSA) is 62.1 Å². The van der Waals surface area contributed by atoms with Crippen LogP contribution in [0.2, 0.25) is 10.4 Å². The first kappa shape index (κ1) is 18.5. The van der Waals surface area contributed by atoms with Gasteiger partial charge in [-0.1, -0.05) is 35.9 Å². The molecule has 0 bridgehead atoms. The lowest BCUT2D eigenvalue weighted by Crippen LogP contribution is -2.12. The number of benzene rings is 2. The van der Waals surface area contributed by atoms with Gasteiger partial charge in [-0.15, -0.1) is 0 Å². The minimum absolute atomic E-state index is 0.0717. The molecule has 0 spiro atoms. The standard InChI is InChI=1S/C20H16Cl2N4O2/c1-27-14-7-3-12(4-8-14)17(13-5-9-15(28-2)10-6-13)26-11-23-16-18(21)24-20(22)25-19(16)26/h3-11,17H,1-2H3. The summed E-state index contributed by atoms with van der Waals surface area (Å²) in [5, 5.41) is 0.291. The van der Waals surface area contributed by atoms with E-state index in [9.17, 15) is 0 Å². The fourth-order valence-electron chi connectivity index (χ4n) is 3.13. The molecule has 0 aliphatic heterocycles. The number of aromatic nitrogens is 4. The number of imidazole rings is 1. The molecule has 0 unspecified atom stereocenters. The average Bonchev–Trinajstić information content (AvgIpc) is 3.13. The maximum atomic E-state index is 6.21. The number of rotatable bonds is 5. The van der Waals surface area contributed by atoms with E-state index in [1.807, 2.05) is 53.1 Å². The van der Waals surface area contributed by atoms with Crippen molar-refractivity contribution in [2.75, 3.05) is 14.2 Å².